The molecule has 2 N–H and O–H groups in total. The lowest BCUT2D eigenvalue weighted by molar-refractivity contribution is -0.122. The fourth-order valence-corrected chi connectivity index (χ4v) is 3.89. The molecule has 3 atom stereocenters. The molecule has 23 heavy (non-hydrogen) atoms. The lowest BCUT2D eigenvalue weighted by Crippen LogP contribution is -2.28. The molecular formula is C20H24N2O. The van der Waals surface area contributed by atoms with Gasteiger partial charge in [-0.3, -0.25) is 4.79 Å². The van der Waals surface area contributed by atoms with Crippen LogP contribution in [0.1, 0.15) is 30.7 Å². The molecule has 0 aromatic heterocycles. The summed E-state index contributed by atoms with van der Waals surface area (Å²) in [6, 6.07) is 14.9. The van der Waals surface area contributed by atoms with Crippen molar-refractivity contribution in [2.24, 2.45) is 11.8 Å². The van der Waals surface area contributed by atoms with Crippen LogP contribution < -0.4 is 10.6 Å². The summed E-state index contributed by atoms with van der Waals surface area (Å²) in [4.78, 5) is 12.4. The number of amides is 1. The predicted octanol–water partition coefficient (Wildman–Crippen LogP) is 3.06. The summed E-state index contributed by atoms with van der Waals surface area (Å²) in [5.74, 6) is 1.55. The molecule has 0 radical (unpaired) electrons. The van der Waals surface area contributed by atoms with Crippen molar-refractivity contribution in [1.82, 2.24) is 10.6 Å². The Bertz CT molecular complexity index is 700. The lowest BCUT2D eigenvalue weighted by Gasteiger charge is -2.10. The van der Waals surface area contributed by atoms with Crippen LogP contribution in [-0.2, 0) is 4.79 Å². The molecule has 1 heterocycles. The molecule has 1 amide bonds. The van der Waals surface area contributed by atoms with Crippen LogP contribution in [-0.4, -0.2) is 25.5 Å². The van der Waals surface area contributed by atoms with Crippen LogP contribution in [0.2, 0.25) is 0 Å². The Morgan fingerprint density at radius 2 is 2.04 bits per heavy atom. The highest BCUT2D eigenvalue weighted by atomic mass is 16.2. The van der Waals surface area contributed by atoms with Crippen LogP contribution in [0, 0.1) is 11.8 Å². The van der Waals surface area contributed by atoms with Gasteiger partial charge in [0.1, 0.15) is 0 Å². The minimum atomic E-state index is 0.169. The third-order valence-electron chi connectivity index (χ3n) is 5.36. The quantitative estimate of drug-likeness (QED) is 0.891. The van der Waals surface area contributed by atoms with Crippen molar-refractivity contribution in [3.8, 4) is 0 Å². The summed E-state index contributed by atoms with van der Waals surface area (Å²) in [5.41, 5.74) is 1.34. The maximum absolute atomic E-state index is 12.4. The van der Waals surface area contributed by atoms with E-state index in [2.05, 4.69) is 53.1 Å². The molecule has 2 aromatic carbocycles. The van der Waals surface area contributed by atoms with Gasteiger partial charge in [-0.1, -0.05) is 42.5 Å². The van der Waals surface area contributed by atoms with Crippen molar-refractivity contribution in [3.63, 3.8) is 0 Å². The van der Waals surface area contributed by atoms with Crippen molar-refractivity contribution < 1.29 is 4.79 Å². The van der Waals surface area contributed by atoms with E-state index in [0.29, 0.717) is 5.92 Å². The van der Waals surface area contributed by atoms with Gasteiger partial charge in [0.05, 0.1) is 0 Å². The number of nitrogens with one attached hydrogen (secondary N) is 2. The Morgan fingerprint density at radius 3 is 2.91 bits per heavy atom. The fraction of sp³-hybridized carbons (Fsp3) is 0.450. The second-order valence-electron chi connectivity index (χ2n) is 6.96. The molecule has 2 aliphatic rings. The number of carbonyl (C=O) groups excluding carboxylic acids is 1. The van der Waals surface area contributed by atoms with Crippen molar-refractivity contribution in [2.45, 2.75) is 25.2 Å². The van der Waals surface area contributed by atoms with Crippen molar-refractivity contribution in [2.75, 3.05) is 19.6 Å². The van der Waals surface area contributed by atoms with Crippen LogP contribution in [0.4, 0.5) is 0 Å². The fourth-order valence-electron chi connectivity index (χ4n) is 3.89. The zero-order valence-electron chi connectivity index (χ0n) is 13.4. The van der Waals surface area contributed by atoms with Crippen molar-refractivity contribution >= 4 is 16.7 Å². The average molecular weight is 308 g/mol. The van der Waals surface area contributed by atoms with Crippen LogP contribution >= 0.6 is 0 Å². The van der Waals surface area contributed by atoms with Crippen molar-refractivity contribution in [3.05, 3.63) is 48.0 Å². The first kappa shape index (κ1) is 14.7. The highest BCUT2D eigenvalue weighted by molar-refractivity contribution is 5.89. The van der Waals surface area contributed by atoms with Gasteiger partial charge in [0.15, 0.2) is 0 Å². The van der Waals surface area contributed by atoms with Gasteiger partial charge in [-0.25, -0.2) is 0 Å². The summed E-state index contributed by atoms with van der Waals surface area (Å²) in [7, 11) is 0. The number of fused-ring (bicyclic) bond motifs is 1. The van der Waals surface area contributed by atoms with Gasteiger partial charge in [0.2, 0.25) is 5.91 Å². The first-order valence-electron chi connectivity index (χ1n) is 8.79. The molecule has 0 spiro atoms. The monoisotopic (exact) mass is 308 g/mol. The maximum atomic E-state index is 12.4. The Kier molecular flexibility index (Phi) is 4.04. The van der Waals surface area contributed by atoms with Gasteiger partial charge in [0, 0.05) is 12.5 Å². The third kappa shape index (κ3) is 3.11. The Morgan fingerprint density at radius 1 is 1.17 bits per heavy atom. The Labute approximate surface area is 137 Å². The van der Waals surface area contributed by atoms with E-state index in [0.717, 1.165) is 38.4 Å². The second kappa shape index (κ2) is 6.32. The lowest BCUT2D eigenvalue weighted by atomic mass is 10.00. The third-order valence-corrected chi connectivity index (χ3v) is 5.36. The predicted molar refractivity (Wildman–Crippen MR) is 93.4 cm³/mol. The van der Waals surface area contributed by atoms with Gasteiger partial charge < -0.3 is 10.6 Å². The molecule has 120 valence electrons. The molecule has 3 heteroatoms. The van der Waals surface area contributed by atoms with E-state index in [9.17, 15) is 4.79 Å². The van der Waals surface area contributed by atoms with E-state index in [1.165, 1.54) is 22.8 Å². The summed E-state index contributed by atoms with van der Waals surface area (Å²) in [5, 5.41) is 9.10. The average Bonchev–Trinajstić information content (AvgIpc) is 3.22. The van der Waals surface area contributed by atoms with E-state index in [1.807, 2.05) is 0 Å². The minimum Gasteiger partial charge on any atom is -0.356 e. The number of carbonyl (C=O) groups is 1. The molecule has 1 saturated heterocycles. The highest BCUT2D eigenvalue weighted by Gasteiger charge is 2.44. The topological polar surface area (TPSA) is 41.1 Å². The molecule has 2 fully saturated rings. The summed E-state index contributed by atoms with van der Waals surface area (Å²) in [6.07, 6.45) is 3.34. The van der Waals surface area contributed by atoms with E-state index < -0.39 is 0 Å². The smallest absolute Gasteiger partial charge is 0.223 e. The molecule has 4 rings (SSSR count). The highest BCUT2D eigenvalue weighted by Crippen LogP contribution is 2.49. The minimum absolute atomic E-state index is 0.169. The molecule has 1 aliphatic heterocycles. The normalized spacial score (nSPS) is 26.3. The SMILES string of the molecule is O=C(NCCC1CCNC1)C1CC1c1cccc2ccccc12. The van der Waals surface area contributed by atoms with E-state index in [4.69, 9.17) is 0 Å². The van der Waals surface area contributed by atoms with E-state index in [1.54, 1.807) is 0 Å². The largest absolute Gasteiger partial charge is 0.356 e. The molecule has 2 aromatic rings. The Hall–Kier alpha value is -1.87. The van der Waals surface area contributed by atoms with E-state index >= 15 is 0 Å². The summed E-state index contributed by atoms with van der Waals surface area (Å²) >= 11 is 0. The number of hydrogen-bond donors (Lipinski definition) is 2. The van der Waals surface area contributed by atoms with Crippen LogP contribution in [0.5, 0.6) is 0 Å². The maximum Gasteiger partial charge on any atom is 0.223 e. The second-order valence-corrected chi connectivity index (χ2v) is 6.96. The van der Waals surface area contributed by atoms with E-state index in [-0.39, 0.29) is 11.8 Å². The number of rotatable bonds is 5. The number of benzene rings is 2. The first-order valence-corrected chi connectivity index (χ1v) is 8.79. The molecule has 1 aliphatic carbocycles. The summed E-state index contributed by atoms with van der Waals surface area (Å²) in [6.45, 7) is 3.06. The van der Waals surface area contributed by atoms with Gasteiger partial charge in [-0.05, 0) is 60.5 Å². The zero-order chi connectivity index (χ0) is 15.6. The summed E-state index contributed by atoms with van der Waals surface area (Å²) < 4.78 is 0. The standard InChI is InChI=1S/C20H24N2O/c23-20(22-11-9-14-8-10-21-13-14)19-12-18(19)17-7-3-5-15-4-1-2-6-16(15)17/h1-7,14,18-19,21H,8-13H2,(H,22,23). The van der Waals surface area contributed by atoms with Crippen LogP contribution in [0.3, 0.4) is 0 Å². The van der Waals surface area contributed by atoms with Gasteiger partial charge in [0.25, 0.3) is 0 Å². The van der Waals surface area contributed by atoms with Gasteiger partial charge in [-0.15, -0.1) is 0 Å². The van der Waals surface area contributed by atoms with Gasteiger partial charge >= 0.3 is 0 Å². The first-order chi connectivity index (χ1) is 11.3. The van der Waals surface area contributed by atoms with Crippen LogP contribution in [0.15, 0.2) is 42.5 Å². The molecular weight excluding hydrogens is 284 g/mol. The molecule has 3 unspecified atom stereocenters. The molecule has 0 bridgehead atoms. The van der Waals surface area contributed by atoms with Crippen LogP contribution in [0.25, 0.3) is 10.8 Å². The Balaban J connectivity index is 1.36. The van der Waals surface area contributed by atoms with Gasteiger partial charge in [-0.2, -0.15) is 0 Å². The van der Waals surface area contributed by atoms with Crippen molar-refractivity contribution in [1.29, 1.82) is 0 Å². The zero-order valence-corrected chi connectivity index (χ0v) is 13.4. The number of hydrogen-bond acceptors (Lipinski definition) is 2. The molecule has 1 saturated carbocycles. The molecule has 3 nitrogen and oxygen atoms in total.